The number of alkyl halides is 3. The summed E-state index contributed by atoms with van der Waals surface area (Å²) in [7, 11) is -4.08. The molecule has 40 heavy (non-hydrogen) atoms. The van der Waals surface area contributed by atoms with E-state index in [2.05, 4.69) is 5.32 Å². The van der Waals surface area contributed by atoms with Crippen LogP contribution in [0.2, 0.25) is 0 Å². The molecule has 0 unspecified atom stereocenters. The molecule has 0 aliphatic heterocycles. The average Bonchev–Trinajstić information content (AvgIpc) is 2.87. The number of carbonyl (C=O) groups is 2. The average molecular weight is 585 g/mol. The Hall–Kier alpha value is -4.34. The van der Waals surface area contributed by atoms with Gasteiger partial charge in [-0.3, -0.25) is 10.2 Å². The first kappa shape index (κ1) is 31.9. The minimum Gasteiger partial charge on any atom is -0.475 e. The van der Waals surface area contributed by atoms with Crippen LogP contribution in [0, 0.1) is 11.2 Å². The molecule has 214 valence electrons. The number of benzene rings is 3. The number of halogens is 4. The second-order valence-electron chi connectivity index (χ2n) is 8.24. The van der Waals surface area contributed by atoms with E-state index in [0.717, 1.165) is 23.8 Å². The number of carboxylic acids is 1. The summed E-state index contributed by atoms with van der Waals surface area (Å²) in [5.41, 5.74) is 7.56. The van der Waals surface area contributed by atoms with Crippen molar-refractivity contribution in [3.05, 3.63) is 89.2 Å². The third kappa shape index (κ3) is 9.14. The van der Waals surface area contributed by atoms with Crippen LogP contribution in [-0.2, 0) is 21.2 Å². The van der Waals surface area contributed by atoms with Gasteiger partial charge in [-0.25, -0.2) is 22.7 Å². The van der Waals surface area contributed by atoms with Gasteiger partial charge in [-0.1, -0.05) is 30.3 Å². The summed E-state index contributed by atoms with van der Waals surface area (Å²) < 4.78 is 69.1. The van der Waals surface area contributed by atoms with E-state index < -0.39 is 39.9 Å². The largest absolute Gasteiger partial charge is 0.490 e. The van der Waals surface area contributed by atoms with E-state index in [-0.39, 0.29) is 28.5 Å². The van der Waals surface area contributed by atoms with Crippen LogP contribution in [-0.4, -0.2) is 55.2 Å². The Morgan fingerprint density at radius 2 is 1.60 bits per heavy atom. The number of rotatable bonds is 8. The van der Waals surface area contributed by atoms with Crippen LogP contribution < -0.4 is 16.2 Å². The maximum Gasteiger partial charge on any atom is 0.490 e. The van der Waals surface area contributed by atoms with E-state index in [1.54, 1.807) is 24.3 Å². The van der Waals surface area contributed by atoms with Crippen molar-refractivity contribution in [3.8, 4) is 11.1 Å². The molecule has 15 heteroatoms. The molecule has 8 N–H and O–H groups in total. The van der Waals surface area contributed by atoms with Crippen molar-refractivity contribution < 1.29 is 45.8 Å². The smallest absolute Gasteiger partial charge is 0.475 e. The SMILES string of the molecule is N=C(N)c1cccc(C[C@@H](CO)NC(=O)c2ccc(-c3cc(F)ccc3S(N)(=O)=O)cc2)c1.O=C(O)C(F)(F)F. The Bertz CT molecular complexity index is 1500. The van der Waals surface area contributed by atoms with Gasteiger partial charge in [0.2, 0.25) is 10.0 Å². The lowest BCUT2D eigenvalue weighted by Gasteiger charge is -2.17. The lowest BCUT2D eigenvalue weighted by molar-refractivity contribution is -0.192. The molecule has 0 saturated carbocycles. The zero-order chi connectivity index (χ0) is 30.3. The number of nitrogens with one attached hydrogen (secondary N) is 2. The molecule has 1 amide bonds. The van der Waals surface area contributed by atoms with E-state index in [9.17, 15) is 35.9 Å². The van der Waals surface area contributed by atoms with Crippen LogP contribution in [0.1, 0.15) is 21.5 Å². The van der Waals surface area contributed by atoms with E-state index in [0.29, 0.717) is 17.5 Å². The number of nitrogen functional groups attached to an aromatic ring is 1. The predicted molar refractivity (Wildman–Crippen MR) is 136 cm³/mol. The first-order valence-electron chi connectivity index (χ1n) is 11.1. The number of aliphatic hydroxyl groups is 1. The topological polar surface area (TPSA) is 197 Å². The van der Waals surface area contributed by atoms with Gasteiger partial charge in [0, 0.05) is 16.7 Å². The Morgan fingerprint density at radius 1 is 1.00 bits per heavy atom. The maximum atomic E-state index is 13.7. The van der Waals surface area contributed by atoms with Gasteiger partial charge < -0.3 is 21.3 Å². The Morgan fingerprint density at radius 3 is 2.10 bits per heavy atom. The lowest BCUT2D eigenvalue weighted by Crippen LogP contribution is -2.39. The highest BCUT2D eigenvalue weighted by Crippen LogP contribution is 2.28. The second kappa shape index (κ2) is 13.1. The summed E-state index contributed by atoms with van der Waals surface area (Å²) in [4.78, 5) is 21.3. The quantitative estimate of drug-likeness (QED) is 0.133. The number of hydrogen-bond donors (Lipinski definition) is 6. The number of aliphatic carboxylic acids is 1. The van der Waals surface area contributed by atoms with E-state index in [1.165, 1.54) is 24.3 Å². The Kier molecular flexibility index (Phi) is 10.5. The lowest BCUT2D eigenvalue weighted by atomic mass is 10.0. The molecule has 1 atom stereocenters. The molecule has 0 spiro atoms. The van der Waals surface area contributed by atoms with Crippen molar-refractivity contribution in [2.45, 2.75) is 23.5 Å². The fourth-order valence-corrected chi connectivity index (χ4v) is 4.10. The number of primary sulfonamides is 1. The summed E-state index contributed by atoms with van der Waals surface area (Å²) in [5, 5.41) is 32.3. The molecule has 0 aromatic heterocycles. The van der Waals surface area contributed by atoms with E-state index >= 15 is 0 Å². The number of carboxylic acid groups (broad SMARTS) is 1. The van der Waals surface area contributed by atoms with Gasteiger partial charge >= 0.3 is 12.1 Å². The highest BCUT2D eigenvalue weighted by Gasteiger charge is 2.38. The number of amides is 1. The summed E-state index contributed by atoms with van der Waals surface area (Å²) >= 11 is 0. The van der Waals surface area contributed by atoms with Crippen molar-refractivity contribution in [1.82, 2.24) is 5.32 Å². The van der Waals surface area contributed by atoms with Crippen molar-refractivity contribution in [1.29, 1.82) is 5.41 Å². The van der Waals surface area contributed by atoms with Crippen molar-refractivity contribution in [2.75, 3.05) is 6.61 Å². The molecule has 3 aromatic carbocycles. The van der Waals surface area contributed by atoms with Crippen LogP contribution in [0.5, 0.6) is 0 Å². The normalized spacial score (nSPS) is 12.1. The standard InChI is InChI=1S/C23H23FN4O4S.C2HF3O2/c24-18-8-9-21(33(27,31)32)20(12-18)15-4-6-16(7-5-15)23(30)28-19(13-29)11-14-2-1-3-17(10-14)22(25)26;3-2(4,5)1(6)7/h1-10,12,19,29H,11,13H2,(H3,25,26)(H,28,30)(H2,27,31,32);(H,6,7)/t19-;/m0./s1. The molecule has 3 rings (SSSR count). The summed E-state index contributed by atoms with van der Waals surface area (Å²) in [6.07, 6.45) is -4.76. The molecule has 3 aromatic rings. The fraction of sp³-hybridized carbons (Fsp3) is 0.160. The van der Waals surface area contributed by atoms with Gasteiger partial charge in [0.25, 0.3) is 5.91 Å². The van der Waals surface area contributed by atoms with E-state index in [1.807, 2.05) is 0 Å². The van der Waals surface area contributed by atoms with Crippen molar-refractivity contribution in [2.24, 2.45) is 10.9 Å². The summed E-state index contributed by atoms with van der Waals surface area (Å²) in [6, 6.07) is 15.4. The minimum absolute atomic E-state index is 0.0783. The van der Waals surface area contributed by atoms with Crippen LogP contribution >= 0.6 is 0 Å². The van der Waals surface area contributed by atoms with Gasteiger partial charge in [-0.15, -0.1) is 0 Å². The van der Waals surface area contributed by atoms with Crippen molar-refractivity contribution >= 4 is 27.7 Å². The third-order valence-electron chi connectivity index (χ3n) is 5.22. The molecule has 0 aliphatic carbocycles. The highest BCUT2D eigenvalue weighted by molar-refractivity contribution is 7.89. The number of sulfonamides is 1. The van der Waals surface area contributed by atoms with Crippen LogP contribution in [0.15, 0.2) is 71.6 Å². The third-order valence-corrected chi connectivity index (χ3v) is 6.19. The maximum absolute atomic E-state index is 13.7. The minimum atomic E-state index is -5.08. The molecule has 0 saturated heterocycles. The first-order valence-corrected chi connectivity index (χ1v) is 12.7. The van der Waals surface area contributed by atoms with Gasteiger partial charge in [0.05, 0.1) is 17.5 Å². The van der Waals surface area contributed by atoms with E-state index in [4.69, 9.17) is 26.2 Å². The molecule has 0 fully saturated rings. The summed E-state index contributed by atoms with van der Waals surface area (Å²) in [5.74, 6) is -3.91. The first-order chi connectivity index (χ1) is 18.5. The zero-order valence-corrected chi connectivity index (χ0v) is 21.3. The van der Waals surface area contributed by atoms with Gasteiger partial charge in [0.15, 0.2) is 0 Å². The van der Waals surface area contributed by atoms with Crippen LogP contribution in [0.4, 0.5) is 17.6 Å². The van der Waals surface area contributed by atoms with Crippen molar-refractivity contribution in [3.63, 3.8) is 0 Å². The number of nitrogens with two attached hydrogens (primary N) is 2. The molecule has 0 heterocycles. The summed E-state index contributed by atoms with van der Waals surface area (Å²) in [6.45, 7) is -0.310. The molecule has 10 nitrogen and oxygen atoms in total. The number of amidine groups is 1. The Balaban J connectivity index is 0.000000708. The molecular weight excluding hydrogens is 560 g/mol. The zero-order valence-electron chi connectivity index (χ0n) is 20.4. The van der Waals surface area contributed by atoms with Gasteiger partial charge in [0.1, 0.15) is 11.7 Å². The monoisotopic (exact) mass is 584 g/mol. The van der Waals surface area contributed by atoms with Crippen LogP contribution in [0.3, 0.4) is 0 Å². The van der Waals surface area contributed by atoms with Crippen LogP contribution in [0.25, 0.3) is 11.1 Å². The predicted octanol–water partition coefficient (Wildman–Crippen LogP) is 2.39. The Labute approximate surface area is 225 Å². The van der Waals surface area contributed by atoms with Gasteiger partial charge in [-0.05, 0) is 53.9 Å². The number of aliphatic hydroxyl groups excluding tert-OH is 1. The van der Waals surface area contributed by atoms with Gasteiger partial charge in [-0.2, -0.15) is 13.2 Å². The molecule has 0 bridgehead atoms. The number of carbonyl (C=O) groups excluding carboxylic acids is 1. The molecule has 0 radical (unpaired) electrons. The molecule has 0 aliphatic rings. The second-order valence-corrected chi connectivity index (χ2v) is 9.77. The fourth-order valence-electron chi connectivity index (χ4n) is 3.36. The number of hydrogen-bond acceptors (Lipinski definition) is 6. The molecular formula is C25H24F4N4O6S. The highest BCUT2D eigenvalue weighted by atomic mass is 32.2.